The maximum absolute atomic E-state index is 12.5. The summed E-state index contributed by atoms with van der Waals surface area (Å²) in [6.45, 7) is 5.65. The molecule has 0 bridgehead atoms. The predicted molar refractivity (Wildman–Crippen MR) is 111 cm³/mol. The molecular weight excluding hydrogens is 392 g/mol. The number of nitrogens with one attached hydrogen (secondary N) is 4. The van der Waals surface area contributed by atoms with Crippen LogP contribution in [0.1, 0.15) is 28.8 Å². The van der Waals surface area contributed by atoms with Crippen LogP contribution in [0.5, 0.6) is 0 Å². The Labute approximate surface area is 168 Å². The van der Waals surface area contributed by atoms with Gasteiger partial charge < -0.3 is 9.97 Å². The number of rotatable bonds is 6. The van der Waals surface area contributed by atoms with E-state index in [1.165, 1.54) is 17.5 Å². The van der Waals surface area contributed by atoms with Gasteiger partial charge in [-0.05, 0) is 13.0 Å². The highest BCUT2D eigenvalue weighted by atomic mass is 32.1. The normalized spacial score (nSPS) is 11.2. The van der Waals surface area contributed by atoms with Crippen LogP contribution in [-0.2, 0) is 4.79 Å². The number of aromatic nitrogens is 6. The summed E-state index contributed by atoms with van der Waals surface area (Å²) in [6.07, 6.45) is 10.1. The van der Waals surface area contributed by atoms with Crippen molar-refractivity contribution in [1.29, 1.82) is 0 Å². The molecule has 4 aromatic heterocycles. The van der Waals surface area contributed by atoms with E-state index < -0.39 is 11.8 Å². The lowest BCUT2D eigenvalue weighted by Crippen LogP contribution is -2.15. The van der Waals surface area contributed by atoms with Gasteiger partial charge in [-0.2, -0.15) is 0 Å². The lowest BCUT2D eigenvalue weighted by Gasteiger charge is -2.04. The fourth-order valence-electron chi connectivity index (χ4n) is 2.60. The minimum Gasteiger partial charge on any atom is -0.331 e. The number of anilines is 2. The minimum absolute atomic E-state index is 0.119. The number of imidazole rings is 3. The van der Waals surface area contributed by atoms with E-state index in [1.54, 1.807) is 28.9 Å². The van der Waals surface area contributed by atoms with Crippen LogP contribution < -0.4 is 10.6 Å². The minimum atomic E-state index is -0.468. The number of aromatic amines is 2. The van der Waals surface area contributed by atoms with Crippen molar-refractivity contribution in [2.24, 2.45) is 0 Å². The van der Waals surface area contributed by atoms with Crippen LogP contribution in [0.3, 0.4) is 0 Å². The lowest BCUT2D eigenvalue weighted by molar-refractivity contribution is -0.111. The lowest BCUT2D eigenvalue weighted by atomic mass is 10.1. The first kappa shape index (κ1) is 18.4. The summed E-state index contributed by atoms with van der Waals surface area (Å²) in [5, 5.41) is 7.14. The summed E-state index contributed by atoms with van der Waals surface area (Å²) >= 11 is 1.43. The molecule has 0 aromatic carbocycles. The van der Waals surface area contributed by atoms with Crippen molar-refractivity contribution in [2.45, 2.75) is 6.92 Å². The molecule has 0 spiro atoms. The Morgan fingerprint density at radius 1 is 1.28 bits per heavy atom. The molecule has 146 valence electrons. The third kappa shape index (κ3) is 3.71. The van der Waals surface area contributed by atoms with E-state index >= 15 is 0 Å². The highest BCUT2D eigenvalue weighted by molar-refractivity contribution is 7.15. The molecule has 10 nitrogen and oxygen atoms in total. The van der Waals surface area contributed by atoms with Crippen LogP contribution in [0.25, 0.3) is 16.6 Å². The van der Waals surface area contributed by atoms with Gasteiger partial charge in [-0.15, -0.1) is 11.3 Å². The Kier molecular flexibility index (Phi) is 4.79. The Morgan fingerprint density at radius 3 is 2.86 bits per heavy atom. The number of hydrogen-bond donors (Lipinski definition) is 4. The zero-order valence-electron chi connectivity index (χ0n) is 15.3. The summed E-state index contributed by atoms with van der Waals surface area (Å²) in [6, 6.07) is 0. The third-order valence-electron chi connectivity index (χ3n) is 3.91. The van der Waals surface area contributed by atoms with Crippen molar-refractivity contribution in [3.8, 4) is 0 Å². The molecule has 0 atom stereocenters. The summed E-state index contributed by atoms with van der Waals surface area (Å²) in [4.78, 5) is 44.0. The second-order valence-electron chi connectivity index (χ2n) is 5.89. The van der Waals surface area contributed by atoms with Crippen LogP contribution in [0.4, 0.5) is 11.9 Å². The second kappa shape index (κ2) is 7.56. The van der Waals surface area contributed by atoms with Gasteiger partial charge in [0.2, 0.25) is 11.9 Å². The molecule has 0 radical (unpaired) electrons. The molecule has 0 aliphatic carbocycles. The van der Waals surface area contributed by atoms with Gasteiger partial charge in [0.25, 0.3) is 11.8 Å². The quantitative estimate of drug-likeness (QED) is 0.364. The molecule has 0 fully saturated rings. The Bertz CT molecular complexity index is 1200. The molecular formula is C18H16N8O2S. The maximum atomic E-state index is 12.5. The smallest absolute Gasteiger partial charge is 0.278 e. The SMILES string of the molecule is C=C(C(=O)Nc1ncc[nH]1)c1nc(NC(=O)c2cn3ccsc3n2)[nH]c1/C=C\C. The standard InChI is InChI=1S/C18H16N8O2S/c1-3-4-11-13(10(2)14(27)24-16-19-5-6-20-16)23-17(21-11)25-15(28)12-9-26-7-8-29-18(26)22-12/h3-9H,2H2,1H3,(H2,19,20,24,27)(H2,21,23,25,28)/b4-3-. The summed E-state index contributed by atoms with van der Waals surface area (Å²) in [5.74, 6) is -0.405. The van der Waals surface area contributed by atoms with Crippen molar-refractivity contribution in [3.05, 3.63) is 59.9 Å². The molecule has 0 unspecified atom stereocenters. The van der Waals surface area contributed by atoms with Crippen LogP contribution in [0, 0.1) is 0 Å². The summed E-state index contributed by atoms with van der Waals surface area (Å²) in [5.41, 5.74) is 1.23. The molecule has 4 N–H and O–H groups in total. The summed E-state index contributed by atoms with van der Waals surface area (Å²) < 4.78 is 1.76. The van der Waals surface area contributed by atoms with E-state index in [1.807, 2.05) is 18.5 Å². The van der Waals surface area contributed by atoms with Crippen LogP contribution in [0.15, 0.2) is 42.8 Å². The average Bonchev–Trinajstić information content (AvgIpc) is 3.45. The molecule has 29 heavy (non-hydrogen) atoms. The van der Waals surface area contributed by atoms with Crippen molar-refractivity contribution in [1.82, 2.24) is 29.3 Å². The van der Waals surface area contributed by atoms with Crippen LogP contribution >= 0.6 is 11.3 Å². The number of thiazole rings is 1. The highest BCUT2D eigenvalue weighted by Gasteiger charge is 2.20. The molecule has 0 saturated carbocycles. The third-order valence-corrected chi connectivity index (χ3v) is 4.68. The van der Waals surface area contributed by atoms with Crippen molar-refractivity contribution >= 4 is 51.7 Å². The predicted octanol–water partition coefficient (Wildman–Crippen LogP) is 2.78. The molecule has 4 aromatic rings. The Balaban J connectivity index is 1.55. The first-order valence-electron chi connectivity index (χ1n) is 8.51. The van der Waals surface area contributed by atoms with Crippen molar-refractivity contribution in [3.63, 3.8) is 0 Å². The molecule has 0 aliphatic heterocycles. The van der Waals surface area contributed by atoms with Gasteiger partial charge in [-0.1, -0.05) is 12.7 Å². The molecule has 11 heteroatoms. The molecule has 4 rings (SSSR count). The van der Waals surface area contributed by atoms with Gasteiger partial charge >= 0.3 is 0 Å². The van der Waals surface area contributed by atoms with E-state index in [-0.39, 0.29) is 17.2 Å². The number of allylic oxidation sites excluding steroid dienone is 1. The number of fused-ring (bicyclic) bond motifs is 1. The maximum Gasteiger partial charge on any atom is 0.278 e. The van der Waals surface area contributed by atoms with Gasteiger partial charge in [0, 0.05) is 30.2 Å². The van der Waals surface area contributed by atoms with E-state index in [0.29, 0.717) is 22.3 Å². The molecule has 2 amide bonds. The van der Waals surface area contributed by atoms with Gasteiger partial charge in [-0.25, -0.2) is 15.0 Å². The van der Waals surface area contributed by atoms with E-state index in [9.17, 15) is 9.59 Å². The largest absolute Gasteiger partial charge is 0.331 e. The fourth-order valence-corrected chi connectivity index (χ4v) is 3.30. The van der Waals surface area contributed by atoms with Crippen molar-refractivity contribution in [2.75, 3.05) is 10.6 Å². The zero-order valence-corrected chi connectivity index (χ0v) is 16.1. The van der Waals surface area contributed by atoms with E-state index in [2.05, 4.69) is 42.1 Å². The number of carbonyl (C=O) groups excluding carboxylic acids is 2. The summed E-state index contributed by atoms with van der Waals surface area (Å²) in [7, 11) is 0. The van der Waals surface area contributed by atoms with Gasteiger partial charge in [0.1, 0.15) is 11.4 Å². The first-order chi connectivity index (χ1) is 14.0. The van der Waals surface area contributed by atoms with E-state index in [0.717, 1.165) is 0 Å². The van der Waals surface area contributed by atoms with Gasteiger partial charge in [0.05, 0.1) is 11.3 Å². The number of carbonyl (C=O) groups is 2. The van der Waals surface area contributed by atoms with Crippen LogP contribution in [0.2, 0.25) is 0 Å². The zero-order chi connectivity index (χ0) is 20.4. The van der Waals surface area contributed by atoms with Crippen LogP contribution in [-0.4, -0.2) is 41.1 Å². The van der Waals surface area contributed by atoms with Crippen molar-refractivity contribution < 1.29 is 9.59 Å². The first-order valence-corrected chi connectivity index (χ1v) is 9.39. The number of H-pyrrole nitrogens is 2. The van der Waals surface area contributed by atoms with Gasteiger partial charge in [0.15, 0.2) is 4.96 Å². The van der Waals surface area contributed by atoms with Gasteiger partial charge in [-0.3, -0.25) is 24.6 Å². The second-order valence-corrected chi connectivity index (χ2v) is 6.76. The monoisotopic (exact) mass is 408 g/mol. The number of hydrogen-bond acceptors (Lipinski definition) is 6. The number of amides is 2. The Hall–Kier alpha value is -3.99. The fraction of sp³-hybridized carbons (Fsp3) is 0.0556. The molecule has 4 heterocycles. The van der Waals surface area contributed by atoms with E-state index in [4.69, 9.17) is 0 Å². The molecule has 0 saturated heterocycles. The number of nitrogens with zero attached hydrogens (tertiary/aromatic N) is 4. The average molecular weight is 408 g/mol. The Morgan fingerprint density at radius 2 is 2.14 bits per heavy atom. The topological polar surface area (TPSA) is 133 Å². The highest BCUT2D eigenvalue weighted by Crippen LogP contribution is 2.21. The molecule has 0 aliphatic rings.